The molecule has 3 aromatic rings. The third-order valence-electron chi connectivity index (χ3n) is 3.90. The second kappa shape index (κ2) is 7.54. The molecule has 2 aromatic heterocycles. The lowest BCUT2D eigenvalue weighted by molar-refractivity contribution is -0.118. The molecule has 10 heteroatoms. The number of rotatable bonds is 7. The fourth-order valence-electron chi connectivity index (χ4n) is 2.48. The number of pyridine rings is 1. The largest absolute Gasteiger partial charge is 0.368 e. The summed E-state index contributed by atoms with van der Waals surface area (Å²) in [4.78, 5) is 31.4. The van der Waals surface area contributed by atoms with E-state index in [1.54, 1.807) is 24.6 Å². The molecule has 2 amide bonds. The monoisotopic (exact) mass is 388 g/mol. The number of primary amides is 2. The number of nitrogens with zero attached hydrogens (tertiary/aromatic N) is 2. The number of halogens is 1. The molecule has 0 unspecified atom stereocenters. The van der Waals surface area contributed by atoms with Gasteiger partial charge >= 0.3 is 0 Å². The van der Waals surface area contributed by atoms with E-state index < -0.39 is 23.7 Å². The fourth-order valence-corrected chi connectivity index (χ4v) is 3.14. The SMILES string of the molecule is CC[C@@H](Nc1nc(Nc2ccc3scnc3c2)c(C(N)=O)cc1F)C(N)=O. The molecule has 0 radical (unpaired) electrons. The molecule has 3 rings (SSSR count). The first-order valence-electron chi connectivity index (χ1n) is 8.05. The number of carbonyl (C=O) groups excluding carboxylic acids is 2. The number of fused-ring (bicyclic) bond motifs is 1. The molecule has 0 saturated carbocycles. The van der Waals surface area contributed by atoms with E-state index >= 15 is 0 Å². The second-order valence-electron chi connectivity index (χ2n) is 5.75. The summed E-state index contributed by atoms with van der Waals surface area (Å²) in [5, 5.41) is 5.60. The van der Waals surface area contributed by atoms with Crippen molar-refractivity contribution in [2.45, 2.75) is 19.4 Å². The average molecular weight is 388 g/mol. The number of aromatic nitrogens is 2. The van der Waals surface area contributed by atoms with Crippen molar-refractivity contribution in [1.82, 2.24) is 9.97 Å². The standard InChI is InChI=1S/C17H17FN6O2S/c1-2-11(15(20)26)23-17-10(18)6-9(14(19)25)16(24-17)22-8-3-4-13-12(5-8)21-7-27-13/h3-7,11H,2H2,1H3,(H2,19,25)(H2,20,26)(H2,22,23,24)/t11-/m1/s1. The van der Waals surface area contributed by atoms with Crippen LogP contribution in [0.25, 0.3) is 10.2 Å². The summed E-state index contributed by atoms with van der Waals surface area (Å²) in [7, 11) is 0. The maximum atomic E-state index is 14.3. The van der Waals surface area contributed by atoms with E-state index in [2.05, 4.69) is 20.6 Å². The summed E-state index contributed by atoms with van der Waals surface area (Å²) >= 11 is 1.49. The minimum Gasteiger partial charge on any atom is -0.368 e. The van der Waals surface area contributed by atoms with Crippen LogP contribution in [0.5, 0.6) is 0 Å². The number of amides is 2. The quantitative estimate of drug-likeness (QED) is 0.490. The molecular formula is C17H17FN6O2S. The molecule has 0 fully saturated rings. The summed E-state index contributed by atoms with van der Waals surface area (Å²) in [5.41, 5.74) is 13.6. The van der Waals surface area contributed by atoms with E-state index in [0.29, 0.717) is 12.1 Å². The van der Waals surface area contributed by atoms with Crippen LogP contribution < -0.4 is 22.1 Å². The van der Waals surface area contributed by atoms with Gasteiger partial charge in [-0.1, -0.05) is 6.92 Å². The zero-order chi connectivity index (χ0) is 19.6. The number of nitrogens with two attached hydrogens (primary N) is 2. The van der Waals surface area contributed by atoms with Gasteiger partial charge in [-0.05, 0) is 30.7 Å². The van der Waals surface area contributed by atoms with Gasteiger partial charge in [0, 0.05) is 5.69 Å². The average Bonchev–Trinajstić information content (AvgIpc) is 3.08. The lowest BCUT2D eigenvalue weighted by Gasteiger charge is -2.17. The number of hydrogen-bond donors (Lipinski definition) is 4. The predicted molar refractivity (Wildman–Crippen MR) is 103 cm³/mol. The van der Waals surface area contributed by atoms with Gasteiger partial charge in [0.25, 0.3) is 5.91 Å². The van der Waals surface area contributed by atoms with Gasteiger partial charge in [0.1, 0.15) is 11.9 Å². The first-order valence-corrected chi connectivity index (χ1v) is 8.93. The van der Waals surface area contributed by atoms with E-state index in [0.717, 1.165) is 16.3 Å². The van der Waals surface area contributed by atoms with Crippen LogP contribution in [0.4, 0.5) is 21.7 Å². The topological polar surface area (TPSA) is 136 Å². The van der Waals surface area contributed by atoms with Gasteiger partial charge in [0.05, 0.1) is 21.3 Å². The summed E-state index contributed by atoms with van der Waals surface area (Å²) < 4.78 is 15.3. The Kier molecular flexibility index (Phi) is 5.17. The Labute approximate surface area is 157 Å². The van der Waals surface area contributed by atoms with E-state index in [4.69, 9.17) is 11.5 Å². The summed E-state index contributed by atoms with van der Waals surface area (Å²) in [6, 6.07) is 5.58. The molecule has 27 heavy (non-hydrogen) atoms. The molecule has 140 valence electrons. The van der Waals surface area contributed by atoms with Crippen molar-refractivity contribution in [3.05, 3.63) is 41.2 Å². The third kappa shape index (κ3) is 3.95. The maximum absolute atomic E-state index is 14.3. The Balaban J connectivity index is 1.99. The van der Waals surface area contributed by atoms with Gasteiger partial charge in [-0.3, -0.25) is 9.59 Å². The first kappa shape index (κ1) is 18.5. The summed E-state index contributed by atoms with van der Waals surface area (Å²) in [5.74, 6) is -2.44. The highest BCUT2D eigenvalue weighted by molar-refractivity contribution is 7.16. The van der Waals surface area contributed by atoms with Crippen LogP contribution in [0.2, 0.25) is 0 Å². The van der Waals surface area contributed by atoms with Crippen molar-refractivity contribution in [1.29, 1.82) is 0 Å². The Morgan fingerprint density at radius 1 is 1.26 bits per heavy atom. The van der Waals surface area contributed by atoms with Gasteiger partial charge in [-0.15, -0.1) is 11.3 Å². The van der Waals surface area contributed by atoms with Gasteiger partial charge in [-0.2, -0.15) is 0 Å². The normalized spacial score (nSPS) is 11.9. The van der Waals surface area contributed by atoms with Crippen molar-refractivity contribution >= 4 is 50.7 Å². The lowest BCUT2D eigenvalue weighted by atomic mass is 10.2. The molecule has 0 spiro atoms. The summed E-state index contributed by atoms with van der Waals surface area (Å²) in [6.45, 7) is 1.72. The van der Waals surface area contributed by atoms with Gasteiger partial charge in [-0.25, -0.2) is 14.4 Å². The van der Waals surface area contributed by atoms with Crippen LogP contribution in [0.1, 0.15) is 23.7 Å². The molecule has 0 aliphatic carbocycles. The smallest absolute Gasteiger partial charge is 0.252 e. The molecule has 0 aliphatic rings. The zero-order valence-corrected chi connectivity index (χ0v) is 15.1. The molecule has 1 aromatic carbocycles. The Morgan fingerprint density at radius 2 is 2.04 bits per heavy atom. The van der Waals surface area contributed by atoms with Crippen molar-refractivity contribution in [2.24, 2.45) is 11.5 Å². The fraction of sp³-hybridized carbons (Fsp3) is 0.176. The van der Waals surface area contributed by atoms with Gasteiger partial charge in [0.2, 0.25) is 5.91 Å². The molecule has 0 bridgehead atoms. The Hall–Kier alpha value is -3.27. The predicted octanol–water partition coefficient (Wildman–Crippen LogP) is 2.35. The zero-order valence-electron chi connectivity index (χ0n) is 14.3. The molecule has 0 aliphatic heterocycles. The highest BCUT2D eigenvalue weighted by atomic mass is 32.1. The number of benzene rings is 1. The van der Waals surface area contributed by atoms with E-state index in [-0.39, 0.29) is 17.2 Å². The molecule has 6 N–H and O–H groups in total. The maximum Gasteiger partial charge on any atom is 0.252 e. The second-order valence-corrected chi connectivity index (χ2v) is 6.63. The van der Waals surface area contributed by atoms with Crippen LogP contribution in [0, 0.1) is 5.82 Å². The van der Waals surface area contributed by atoms with E-state index in [1.165, 1.54) is 11.3 Å². The number of carbonyl (C=O) groups is 2. The van der Waals surface area contributed by atoms with Crippen LogP contribution >= 0.6 is 11.3 Å². The first-order chi connectivity index (χ1) is 12.9. The number of anilines is 3. The number of hydrogen-bond acceptors (Lipinski definition) is 7. The highest BCUT2D eigenvalue weighted by Gasteiger charge is 2.20. The van der Waals surface area contributed by atoms with Crippen LogP contribution in [0.3, 0.4) is 0 Å². The Morgan fingerprint density at radius 3 is 2.70 bits per heavy atom. The molecule has 1 atom stereocenters. The van der Waals surface area contributed by atoms with Crippen molar-refractivity contribution in [3.8, 4) is 0 Å². The van der Waals surface area contributed by atoms with Crippen molar-refractivity contribution in [2.75, 3.05) is 10.6 Å². The molecule has 0 saturated heterocycles. The Bertz CT molecular complexity index is 1020. The van der Waals surface area contributed by atoms with E-state index in [1.807, 2.05) is 6.07 Å². The van der Waals surface area contributed by atoms with Gasteiger partial charge < -0.3 is 22.1 Å². The number of thiazole rings is 1. The van der Waals surface area contributed by atoms with Crippen LogP contribution in [0.15, 0.2) is 29.8 Å². The minimum absolute atomic E-state index is 0.0558. The highest BCUT2D eigenvalue weighted by Crippen LogP contribution is 2.27. The summed E-state index contributed by atoms with van der Waals surface area (Å²) in [6.07, 6.45) is 0.345. The van der Waals surface area contributed by atoms with Gasteiger partial charge in [0.15, 0.2) is 11.6 Å². The molecular weight excluding hydrogens is 371 g/mol. The molecule has 8 nitrogen and oxygen atoms in total. The number of nitrogens with one attached hydrogen (secondary N) is 2. The minimum atomic E-state index is -0.841. The lowest BCUT2D eigenvalue weighted by Crippen LogP contribution is -2.35. The molecule has 2 heterocycles. The van der Waals surface area contributed by atoms with E-state index in [9.17, 15) is 14.0 Å². The van der Waals surface area contributed by atoms with Crippen LogP contribution in [-0.2, 0) is 4.79 Å². The van der Waals surface area contributed by atoms with Crippen LogP contribution in [-0.4, -0.2) is 27.8 Å². The third-order valence-corrected chi connectivity index (χ3v) is 4.71. The van der Waals surface area contributed by atoms with Crippen molar-refractivity contribution < 1.29 is 14.0 Å². The van der Waals surface area contributed by atoms with Crippen molar-refractivity contribution in [3.63, 3.8) is 0 Å².